The SMILES string of the molecule is CN(C)c1ccc(Cl)cc1NC(=O)C(c1cccnc1)N1CCOCC1. The summed E-state index contributed by atoms with van der Waals surface area (Å²) in [6.45, 7) is 2.63. The first-order valence-electron chi connectivity index (χ1n) is 8.55. The lowest BCUT2D eigenvalue weighted by atomic mass is 10.1. The van der Waals surface area contributed by atoms with E-state index in [1.54, 1.807) is 18.5 Å². The number of benzene rings is 1. The first-order chi connectivity index (χ1) is 12.6. The standard InChI is InChI=1S/C19H23ClN4O2/c1-23(2)17-6-5-15(20)12-16(17)22-19(25)18(14-4-3-7-21-13-14)24-8-10-26-11-9-24/h3-7,12-13,18H,8-11H2,1-2H3,(H,22,25). The monoisotopic (exact) mass is 374 g/mol. The van der Waals surface area contributed by atoms with Crippen LogP contribution in [0.15, 0.2) is 42.7 Å². The molecule has 138 valence electrons. The van der Waals surface area contributed by atoms with Gasteiger partial charge in [-0.15, -0.1) is 0 Å². The van der Waals surface area contributed by atoms with Crippen molar-refractivity contribution in [1.82, 2.24) is 9.88 Å². The van der Waals surface area contributed by atoms with E-state index in [1.807, 2.05) is 43.3 Å². The first kappa shape index (κ1) is 18.6. The molecule has 0 spiro atoms. The maximum atomic E-state index is 13.2. The van der Waals surface area contributed by atoms with Crippen LogP contribution in [-0.4, -0.2) is 56.2 Å². The highest BCUT2D eigenvalue weighted by atomic mass is 35.5. The molecule has 1 aliphatic heterocycles. The molecule has 2 heterocycles. The molecule has 26 heavy (non-hydrogen) atoms. The van der Waals surface area contributed by atoms with E-state index in [0.29, 0.717) is 37.0 Å². The summed E-state index contributed by atoms with van der Waals surface area (Å²) in [6, 6.07) is 8.83. The Kier molecular flexibility index (Phi) is 6.08. The van der Waals surface area contributed by atoms with Crippen LogP contribution in [0.2, 0.25) is 5.02 Å². The molecule has 1 aromatic carbocycles. The Labute approximate surface area is 158 Å². The quantitative estimate of drug-likeness (QED) is 0.872. The molecule has 0 bridgehead atoms. The van der Waals surface area contributed by atoms with Gasteiger partial charge in [-0.2, -0.15) is 0 Å². The molecule has 1 unspecified atom stereocenters. The topological polar surface area (TPSA) is 57.7 Å². The van der Waals surface area contributed by atoms with E-state index in [1.165, 1.54) is 0 Å². The number of nitrogens with zero attached hydrogens (tertiary/aromatic N) is 3. The Morgan fingerprint density at radius 1 is 1.31 bits per heavy atom. The van der Waals surface area contributed by atoms with E-state index >= 15 is 0 Å². The molecule has 0 aliphatic carbocycles. The van der Waals surface area contributed by atoms with Crippen LogP contribution in [0.25, 0.3) is 0 Å². The Bertz CT molecular complexity index is 748. The highest BCUT2D eigenvalue weighted by Gasteiger charge is 2.29. The second kappa shape index (κ2) is 8.49. The van der Waals surface area contributed by atoms with Gasteiger partial charge in [-0.3, -0.25) is 14.7 Å². The van der Waals surface area contributed by atoms with Gasteiger partial charge in [-0.05, 0) is 29.8 Å². The molecule has 1 saturated heterocycles. The van der Waals surface area contributed by atoms with Crippen molar-refractivity contribution in [3.8, 4) is 0 Å². The molecule has 2 aromatic rings. The maximum Gasteiger partial charge on any atom is 0.246 e. The number of pyridine rings is 1. The number of morpholine rings is 1. The lowest BCUT2D eigenvalue weighted by Gasteiger charge is -2.34. The van der Waals surface area contributed by atoms with Crippen LogP contribution in [0.4, 0.5) is 11.4 Å². The summed E-state index contributed by atoms with van der Waals surface area (Å²) in [4.78, 5) is 21.5. The van der Waals surface area contributed by atoms with E-state index in [4.69, 9.17) is 16.3 Å². The van der Waals surface area contributed by atoms with Crippen molar-refractivity contribution in [3.63, 3.8) is 0 Å². The Balaban J connectivity index is 1.90. The number of aromatic nitrogens is 1. The minimum atomic E-state index is -0.429. The number of carbonyl (C=O) groups is 1. The third-order valence-corrected chi connectivity index (χ3v) is 4.59. The fraction of sp³-hybridized carbons (Fsp3) is 0.368. The Morgan fingerprint density at radius 2 is 2.08 bits per heavy atom. The first-order valence-corrected chi connectivity index (χ1v) is 8.93. The number of rotatable bonds is 5. The molecule has 1 aromatic heterocycles. The predicted octanol–water partition coefficient (Wildman–Crippen LogP) is 2.81. The van der Waals surface area contributed by atoms with Crippen LogP contribution in [-0.2, 0) is 9.53 Å². The molecular formula is C19H23ClN4O2. The van der Waals surface area contributed by atoms with Crippen LogP contribution in [0.3, 0.4) is 0 Å². The number of anilines is 2. The average Bonchev–Trinajstić information content (AvgIpc) is 2.63. The van der Waals surface area contributed by atoms with Crippen LogP contribution >= 0.6 is 11.6 Å². The highest BCUT2D eigenvalue weighted by Crippen LogP contribution is 2.30. The van der Waals surface area contributed by atoms with E-state index in [0.717, 1.165) is 11.3 Å². The number of hydrogen-bond donors (Lipinski definition) is 1. The van der Waals surface area contributed by atoms with Gasteiger partial charge in [0.05, 0.1) is 24.6 Å². The summed E-state index contributed by atoms with van der Waals surface area (Å²) in [6.07, 6.45) is 3.45. The Hall–Kier alpha value is -2.15. The van der Waals surface area contributed by atoms with Crippen molar-refractivity contribution in [1.29, 1.82) is 0 Å². The predicted molar refractivity (Wildman–Crippen MR) is 104 cm³/mol. The van der Waals surface area contributed by atoms with Crippen LogP contribution in [0.5, 0.6) is 0 Å². The minimum Gasteiger partial charge on any atom is -0.379 e. The number of ether oxygens (including phenoxy) is 1. The zero-order valence-electron chi connectivity index (χ0n) is 15.0. The van der Waals surface area contributed by atoms with Gasteiger partial charge >= 0.3 is 0 Å². The van der Waals surface area contributed by atoms with Crippen molar-refractivity contribution >= 4 is 28.9 Å². The van der Waals surface area contributed by atoms with Crippen molar-refractivity contribution in [3.05, 3.63) is 53.3 Å². The second-order valence-electron chi connectivity index (χ2n) is 6.38. The van der Waals surface area contributed by atoms with E-state index in [9.17, 15) is 4.79 Å². The van der Waals surface area contributed by atoms with Gasteiger partial charge < -0.3 is 15.0 Å². The molecule has 1 fully saturated rings. The summed E-state index contributed by atoms with van der Waals surface area (Å²) in [5.74, 6) is -0.106. The van der Waals surface area contributed by atoms with E-state index < -0.39 is 6.04 Å². The summed E-state index contributed by atoms with van der Waals surface area (Å²) in [5.41, 5.74) is 2.45. The van der Waals surface area contributed by atoms with Gasteiger partial charge in [0.15, 0.2) is 0 Å². The summed E-state index contributed by atoms with van der Waals surface area (Å²) in [5, 5.41) is 3.63. The third kappa shape index (κ3) is 4.33. The van der Waals surface area contributed by atoms with Crippen molar-refractivity contribution in [2.45, 2.75) is 6.04 Å². The molecule has 1 atom stereocenters. The molecule has 7 heteroatoms. The van der Waals surface area contributed by atoms with E-state index in [2.05, 4.69) is 15.2 Å². The molecular weight excluding hydrogens is 352 g/mol. The number of carbonyl (C=O) groups excluding carboxylic acids is 1. The summed E-state index contributed by atoms with van der Waals surface area (Å²) < 4.78 is 5.44. The zero-order chi connectivity index (χ0) is 18.5. The maximum absolute atomic E-state index is 13.2. The number of nitrogens with one attached hydrogen (secondary N) is 1. The molecule has 1 N–H and O–H groups in total. The molecule has 3 rings (SSSR count). The molecule has 1 aliphatic rings. The highest BCUT2D eigenvalue weighted by molar-refractivity contribution is 6.31. The third-order valence-electron chi connectivity index (χ3n) is 4.36. The van der Waals surface area contributed by atoms with Crippen molar-refractivity contribution in [2.24, 2.45) is 0 Å². The number of amides is 1. The summed E-state index contributed by atoms with van der Waals surface area (Å²) in [7, 11) is 3.86. The van der Waals surface area contributed by atoms with Gasteiger partial charge in [0.1, 0.15) is 6.04 Å². The zero-order valence-corrected chi connectivity index (χ0v) is 15.7. The minimum absolute atomic E-state index is 0.106. The lowest BCUT2D eigenvalue weighted by Crippen LogP contribution is -2.44. The molecule has 1 amide bonds. The van der Waals surface area contributed by atoms with Gasteiger partial charge in [0, 0.05) is 44.6 Å². The number of halogens is 1. The van der Waals surface area contributed by atoms with Crippen LogP contribution in [0, 0.1) is 0 Å². The van der Waals surface area contributed by atoms with Crippen LogP contribution < -0.4 is 10.2 Å². The lowest BCUT2D eigenvalue weighted by molar-refractivity contribution is -0.123. The van der Waals surface area contributed by atoms with Gasteiger partial charge in [-0.1, -0.05) is 17.7 Å². The number of hydrogen-bond acceptors (Lipinski definition) is 5. The normalized spacial score (nSPS) is 16.1. The van der Waals surface area contributed by atoms with Gasteiger partial charge in [0.25, 0.3) is 0 Å². The van der Waals surface area contributed by atoms with Crippen molar-refractivity contribution < 1.29 is 9.53 Å². The van der Waals surface area contributed by atoms with Crippen molar-refractivity contribution in [2.75, 3.05) is 50.6 Å². The fourth-order valence-electron chi connectivity index (χ4n) is 3.10. The smallest absolute Gasteiger partial charge is 0.246 e. The molecule has 0 radical (unpaired) electrons. The van der Waals surface area contributed by atoms with E-state index in [-0.39, 0.29) is 5.91 Å². The average molecular weight is 375 g/mol. The van der Waals surface area contributed by atoms with Gasteiger partial charge in [0.2, 0.25) is 5.91 Å². The van der Waals surface area contributed by atoms with Crippen LogP contribution in [0.1, 0.15) is 11.6 Å². The Morgan fingerprint density at radius 3 is 2.73 bits per heavy atom. The molecule has 6 nitrogen and oxygen atoms in total. The van der Waals surface area contributed by atoms with Gasteiger partial charge in [-0.25, -0.2) is 0 Å². The molecule has 0 saturated carbocycles. The fourth-order valence-corrected chi connectivity index (χ4v) is 3.27. The largest absolute Gasteiger partial charge is 0.379 e. The second-order valence-corrected chi connectivity index (χ2v) is 6.82. The summed E-state index contributed by atoms with van der Waals surface area (Å²) >= 11 is 6.14.